The van der Waals surface area contributed by atoms with E-state index in [1.54, 1.807) is 19.2 Å². The molecule has 1 aromatic carbocycles. The smallest absolute Gasteiger partial charge is 0.261 e. The van der Waals surface area contributed by atoms with Crippen LogP contribution in [0, 0.1) is 0 Å². The molecule has 7 heteroatoms. The summed E-state index contributed by atoms with van der Waals surface area (Å²) in [6, 6.07) is 6.23. The molecule has 0 aliphatic carbocycles. The predicted molar refractivity (Wildman–Crippen MR) is 81.9 cm³/mol. The van der Waals surface area contributed by atoms with Crippen LogP contribution in [0.3, 0.4) is 0 Å². The number of hydrogen-bond donors (Lipinski definition) is 1. The summed E-state index contributed by atoms with van der Waals surface area (Å²) < 4.78 is 27.1. The number of carbonyl (C=O) groups excluding carboxylic acids is 1. The summed E-state index contributed by atoms with van der Waals surface area (Å²) in [5, 5.41) is 2.84. The van der Waals surface area contributed by atoms with E-state index in [1.807, 2.05) is 0 Å². The highest BCUT2D eigenvalue weighted by Gasteiger charge is 2.09. The summed E-state index contributed by atoms with van der Waals surface area (Å²) >= 11 is 0. The fourth-order valence-corrected chi connectivity index (χ4v) is 2.53. The maximum atomic E-state index is 11.6. The number of benzene rings is 1. The monoisotopic (exact) mass is 333 g/mol. The molecule has 0 aliphatic rings. The molecular weight excluding hydrogens is 314 g/mol. The van der Waals surface area contributed by atoms with Crippen molar-refractivity contribution in [3.63, 3.8) is 0 Å². The van der Waals surface area contributed by atoms with Gasteiger partial charge in [0.1, 0.15) is 0 Å². The summed E-state index contributed by atoms with van der Waals surface area (Å²) in [4.78, 5) is 11.7. The van der Waals surface area contributed by atoms with E-state index in [2.05, 4.69) is 5.32 Å². The van der Waals surface area contributed by atoms with Crippen LogP contribution in [0.2, 0.25) is 0 Å². The summed E-state index contributed by atoms with van der Waals surface area (Å²) in [5.41, 5.74) is 0.897. The number of carbonyl (C=O) groups is 1. The minimum absolute atomic E-state index is 0.0125. The van der Waals surface area contributed by atoms with Crippen LogP contribution in [0.15, 0.2) is 29.2 Å². The molecule has 1 N–H and O–H groups in total. The molecular formula is C14H20ClNO4S. The Bertz CT molecular complexity index is 543. The zero-order chi connectivity index (χ0) is 15.7. The van der Waals surface area contributed by atoms with Gasteiger partial charge in [-0.3, -0.25) is 4.79 Å². The number of halogens is 1. The van der Waals surface area contributed by atoms with Gasteiger partial charge in [0.15, 0.2) is 0 Å². The van der Waals surface area contributed by atoms with Crippen molar-refractivity contribution in [3.05, 3.63) is 29.8 Å². The minimum atomic E-state index is -3.69. The third kappa shape index (κ3) is 7.45. The molecule has 1 amide bonds. The molecule has 1 aromatic rings. The summed E-state index contributed by atoms with van der Waals surface area (Å²) in [6.45, 7) is 1.34. The number of rotatable bonds is 9. The number of hydrogen-bond acceptors (Lipinski definition) is 4. The number of amides is 1. The molecule has 0 unspecified atom stereocenters. The highest BCUT2D eigenvalue weighted by molar-refractivity contribution is 8.13. The second kappa shape index (κ2) is 9.02. The standard InChI is InChI=1S/C14H20ClNO4S/c1-20-11-3-2-10-16-14(17)9-6-12-4-7-13(8-5-12)21(15,18)19/h4-5,7-8H,2-3,6,9-11H2,1H3,(H,16,17). The van der Waals surface area contributed by atoms with Crippen molar-refractivity contribution in [2.75, 3.05) is 20.3 Å². The van der Waals surface area contributed by atoms with Crippen LogP contribution >= 0.6 is 10.7 Å². The predicted octanol–water partition coefficient (Wildman–Crippen LogP) is 2.09. The van der Waals surface area contributed by atoms with Gasteiger partial charge >= 0.3 is 0 Å². The first-order chi connectivity index (χ1) is 9.93. The summed E-state index contributed by atoms with van der Waals surface area (Å²) in [6.07, 6.45) is 2.75. The molecule has 0 aromatic heterocycles. The second-order valence-corrected chi connectivity index (χ2v) is 7.20. The molecule has 0 radical (unpaired) electrons. The van der Waals surface area contributed by atoms with Gasteiger partial charge in [0.2, 0.25) is 5.91 Å². The molecule has 0 aliphatic heterocycles. The number of ether oxygens (including phenoxy) is 1. The molecule has 0 bridgehead atoms. The first-order valence-electron chi connectivity index (χ1n) is 6.72. The topological polar surface area (TPSA) is 72.5 Å². The fourth-order valence-electron chi connectivity index (χ4n) is 1.76. The number of unbranched alkanes of at least 4 members (excludes halogenated alkanes) is 1. The molecule has 21 heavy (non-hydrogen) atoms. The van der Waals surface area contributed by atoms with Crippen molar-refractivity contribution in [1.29, 1.82) is 0 Å². The van der Waals surface area contributed by atoms with Crippen molar-refractivity contribution in [3.8, 4) is 0 Å². The fraction of sp³-hybridized carbons (Fsp3) is 0.500. The van der Waals surface area contributed by atoms with Crippen molar-refractivity contribution in [2.24, 2.45) is 0 Å². The Morgan fingerprint density at radius 2 is 1.90 bits per heavy atom. The average Bonchev–Trinajstić information content (AvgIpc) is 2.44. The quantitative estimate of drug-likeness (QED) is 0.555. The second-order valence-electron chi connectivity index (χ2n) is 4.63. The lowest BCUT2D eigenvalue weighted by Gasteiger charge is -2.05. The van der Waals surface area contributed by atoms with E-state index in [0.717, 1.165) is 18.4 Å². The van der Waals surface area contributed by atoms with E-state index in [1.165, 1.54) is 12.1 Å². The maximum Gasteiger partial charge on any atom is 0.261 e. The van der Waals surface area contributed by atoms with Crippen LogP contribution in [0.25, 0.3) is 0 Å². The zero-order valence-corrected chi connectivity index (χ0v) is 13.5. The van der Waals surface area contributed by atoms with E-state index in [-0.39, 0.29) is 10.8 Å². The van der Waals surface area contributed by atoms with Crippen molar-refractivity contribution in [2.45, 2.75) is 30.6 Å². The van der Waals surface area contributed by atoms with Gasteiger partial charge in [-0.1, -0.05) is 12.1 Å². The first-order valence-corrected chi connectivity index (χ1v) is 9.03. The number of methoxy groups -OCH3 is 1. The van der Waals surface area contributed by atoms with E-state index >= 15 is 0 Å². The van der Waals surface area contributed by atoms with Crippen LogP contribution in [0.4, 0.5) is 0 Å². The SMILES string of the molecule is COCCCCNC(=O)CCc1ccc(S(=O)(=O)Cl)cc1. The van der Waals surface area contributed by atoms with Gasteiger partial charge in [-0.25, -0.2) is 8.42 Å². The van der Waals surface area contributed by atoms with Gasteiger partial charge in [0.25, 0.3) is 9.05 Å². The zero-order valence-electron chi connectivity index (χ0n) is 12.0. The molecule has 0 atom stereocenters. The first kappa shape index (κ1) is 17.9. The molecule has 0 saturated carbocycles. The van der Waals surface area contributed by atoms with E-state index < -0.39 is 9.05 Å². The van der Waals surface area contributed by atoms with Crippen LogP contribution in [-0.2, 0) is 25.0 Å². The van der Waals surface area contributed by atoms with Gasteiger partial charge in [0, 0.05) is 37.4 Å². The molecule has 0 heterocycles. The highest BCUT2D eigenvalue weighted by Crippen LogP contribution is 2.15. The normalized spacial score (nSPS) is 11.3. The van der Waals surface area contributed by atoms with Crippen LogP contribution in [0.5, 0.6) is 0 Å². The Kier molecular flexibility index (Phi) is 7.71. The van der Waals surface area contributed by atoms with E-state index in [4.69, 9.17) is 15.4 Å². The van der Waals surface area contributed by atoms with E-state index in [9.17, 15) is 13.2 Å². The largest absolute Gasteiger partial charge is 0.385 e. The maximum absolute atomic E-state index is 11.6. The Balaban J connectivity index is 2.30. The lowest BCUT2D eigenvalue weighted by atomic mass is 10.1. The lowest BCUT2D eigenvalue weighted by Crippen LogP contribution is -2.24. The van der Waals surface area contributed by atoms with Gasteiger partial charge in [0.05, 0.1) is 4.90 Å². The molecule has 0 fully saturated rings. The average molecular weight is 334 g/mol. The third-order valence-corrected chi connectivity index (χ3v) is 4.31. The minimum Gasteiger partial charge on any atom is -0.385 e. The van der Waals surface area contributed by atoms with Crippen LogP contribution in [0.1, 0.15) is 24.8 Å². The Morgan fingerprint density at radius 3 is 2.48 bits per heavy atom. The Morgan fingerprint density at radius 1 is 1.24 bits per heavy atom. The van der Waals surface area contributed by atoms with Crippen molar-refractivity contribution >= 4 is 25.6 Å². The van der Waals surface area contributed by atoms with Gasteiger partial charge < -0.3 is 10.1 Å². The molecule has 0 saturated heterocycles. The molecule has 5 nitrogen and oxygen atoms in total. The lowest BCUT2D eigenvalue weighted by molar-refractivity contribution is -0.121. The van der Waals surface area contributed by atoms with Gasteiger partial charge in [-0.15, -0.1) is 0 Å². The van der Waals surface area contributed by atoms with Crippen molar-refractivity contribution in [1.82, 2.24) is 5.32 Å². The van der Waals surface area contributed by atoms with Crippen molar-refractivity contribution < 1.29 is 17.9 Å². The van der Waals surface area contributed by atoms with Crippen LogP contribution < -0.4 is 5.32 Å². The molecule has 1 rings (SSSR count). The highest BCUT2D eigenvalue weighted by atomic mass is 35.7. The summed E-state index contributed by atoms with van der Waals surface area (Å²) in [7, 11) is 3.20. The third-order valence-electron chi connectivity index (χ3n) is 2.94. The van der Waals surface area contributed by atoms with Gasteiger partial charge in [-0.2, -0.15) is 0 Å². The Hall–Kier alpha value is -1.11. The van der Waals surface area contributed by atoms with E-state index in [0.29, 0.717) is 26.0 Å². The molecule has 0 spiro atoms. The molecule has 118 valence electrons. The number of aryl methyl sites for hydroxylation is 1. The Labute approximate surface area is 130 Å². The summed E-state index contributed by atoms with van der Waals surface area (Å²) in [5.74, 6) is -0.0125. The van der Waals surface area contributed by atoms with Crippen LogP contribution in [-0.4, -0.2) is 34.6 Å². The number of nitrogens with one attached hydrogen (secondary N) is 1. The van der Waals surface area contributed by atoms with Gasteiger partial charge in [-0.05, 0) is 37.0 Å².